The second-order valence-corrected chi connectivity index (χ2v) is 6.16. The van der Waals surface area contributed by atoms with E-state index in [0.29, 0.717) is 24.6 Å². The van der Waals surface area contributed by atoms with Crippen molar-refractivity contribution in [1.82, 2.24) is 14.9 Å². The summed E-state index contributed by atoms with van der Waals surface area (Å²) < 4.78 is 7.62. The number of benzene rings is 1. The fourth-order valence-electron chi connectivity index (χ4n) is 2.89. The zero-order chi connectivity index (χ0) is 16.2. The van der Waals surface area contributed by atoms with E-state index in [2.05, 4.69) is 28.7 Å². The van der Waals surface area contributed by atoms with Gasteiger partial charge in [-0.05, 0) is 30.2 Å². The lowest BCUT2D eigenvalue weighted by Gasteiger charge is -2.11. The number of carbonyl (C=O) groups is 1. The standard InChI is InChI=1S/C18H23N3O2/c1-13(2)17-19-8-10-21(17)9-3-7-20-18(22)15-4-5-16-14(12-15)6-11-23-16/h4-5,8,10,12-13H,3,6-7,9,11H2,1-2H3,(H,20,22). The van der Waals surface area contributed by atoms with Gasteiger partial charge in [-0.25, -0.2) is 4.98 Å². The molecule has 1 aromatic carbocycles. The molecule has 122 valence electrons. The Balaban J connectivity index is 1.49. The first-order chi connectivity index (χ1) is 11.1. The molecule has 3 rings (SSSR count). The maximum atomic E-state index is 12.2. The molecule has 0 atom stereocenters. The normalized spacial score (nSPS) is 13.0. The van der Waals surface area contributed by atoms with E-state index in [1.807, 2.05) is 30.6 Å². The molecule has 23 heavy (non-hydrogen) atoms. The highest BCUT2D eigenvalue weighted by Gasteiger charge is 2.14. The Bertz CT molecular complexity index is 691. The summed E-state index contributed by atoms with van der Waals surface area (Å²) in [6.45, 7) is 6.51. The Morgan fingerprint density at radius 1 is 1.43 bits per heavy atom. The average Bonchev–Trinajstić information content (AvgIpc) is 3.19. The molecule has 0 saturated heterocycles. The summed E-state index contributed by atoms with van der Waals surface area (Å²) >= 11 is 0. The summed E-state index contributed by atoms with van der Waals surface area (Å²) in [7, 11) is 0. The summed E-state index contributed by atoms with van der Waals surface area (Å²) in [5.74, 6) is 2.39. The maximum Gasteiger partial charge on any atom is 0.251 e. The van der Waals surface area contributed by atoms with Crippen LogP contribution in [0.15, 0.2) is 30.6 Å². The first kappa shape index (κ1) is 15.6. The van der Waals surface area contributed by atoms with E-state index in [9.17, 15) is 4.79 Å². The van der Waals surface area contributed by atoms with Crippen molar-refractivity contribution in [2.24, 2.45) is 0 Å². The van der Waals surface area contributed by atoms with Crippen LogP contribution in [-0.2, 0) is 13.0 Å². The van der Waals surface area contributed by atoms with Gasteiger partial charge in [-0.2, -0.15) is 0 Å². The van der Waals surface area contributed by atoms with Crippen LogP contribution in [0, 0.1) is 0 Å². The minimum absolute atomic E-state index is 0.0191. The lowest BCUT2D eigenvalue weighted by atomic mass is 10.1. The molecule has 0 unspecified atom stereocenters. The van der Waals surface area contributed by atoms with Crippen molar-refractivity contribution in [3.63, 3.8) is 0 Å². The summed E-state index contributed by atoms with van der Waals surface area (Å²) in [4.78, 5) is 16.6. The average molecular weight is 313 g/mol. The van der Waals surface area contributed by atoms with E-state index in [4.69, 9.17) is 4.74 Å². The van der Waals surface area contributed by atoms with Crippen molar-refractivity contribution in [2.75, 3.05) is 13.2 Å². The molecule has 5 heteroatoms. The number of amides is 1. The monoisotopic (exact) mass is 313 g/mol. The van der Waals surface area contributed by atoms with Crippen molar-refractivity contribution in [3.8, 4) is 5.75 Å². The molecule has 5 nitrogen and oxygen atoms in total. The van der Waals surface area contributed by atoms with Gasteiger partial charge in [0.2, 0.25) is 0 Å². The molecule has 0 bridgehead atoms. The number of aromatic nitrogens is 2. The number of hydrogen-bond acceptors (Lipinski definition) is 3. The molecular formula is C18H23N3O2. The number of imidazole rings is 1. The zero-order valence-corrected chi connectivity index (χ0v) is 13.7. The fourth-order valence-corrected chi connectivity index (χ4v) is 2.89. The van der Waals surface area contributed by atoms with Crippen LogP contribution in [0.3, 0.4) is 0 Å². The van der Waals surface area contributed by atoms with Crippen molar-refractivity contribution in [3.05, 3.63) is 47.5 Å². The maximum absolute atomic E-state index is 12.2. The number of aryl methyl sites for hydroxylation is 1. The van der Waals surface area contributed by atoms with E-state index < -0.39 is 0 Å². The van der Waals surface area contributed by atoms with Gasteiger partial charge >= 0.3 is 0 Å². The smallest absolute Gasteiger partial charge is 0.251 e. The van der Waals surface area contributed by atoms with Crippen molar-refractivity contribution >= 4 is 5.91 Å². The quantitative estimate of drug-likeness (QED) is 0.834. The van der Waals surface area contributed by atoms with Gasteiger partial charge in [0.25, 0.3) is 5.91 Å². The van der Waals surface area contributed by atoms with Crippen LogP contribution in [0.5, 0.6) is 5.75 Å². The molecule has 0 aliphatic carbocycles. The topological polar surface area (TPSA) is 56.2 Å². The third kappa shape index (κ3) is 3.55. The molecular weight excluding hydrogens is 290 g/mol. The summed E-state index contributed by atoms with van der Waals surface area (Å²) in [6, 6.07) is 5.65. The minimum atomic E-state index is -0.0191. The van der Waals surface area contributed by atoms with Crippen LogP contribution in [0.2, 0.25) is 0 Å². The Labute approximate surface area is 136 Å². The van der Waals surface area contributed by atoms with Crippen LogP contribution in [-0.4, -0.2) is 28.6 Å². The van der Waals surface area contributed by atoms with Crippen LogP contribution < -0.4 is 10.1 Å². The van der Waals surface area contributed by atoms with Gasteiger partial charge in [-0.1, -0.05) is 13.8 Å². The Morgan fingerprint density at radius 2 is 2.30 bits per heavy atom. The van der Waals surface area contributed by atoms with Crippen LogP contribution in [0.4, 0.5) is 0 Å². The predicted octanol–water partition coefficient (Wildman–Crippen LogP) is 2.76. The third-order valence-corrected chi connectivity index (χ3v) is 4.08. The van der Waals surface area contributed by atoms with Crippen molar-refractivity contribution < 1.29 is 9.53 Å². The van der Waals surface area contributed by atoms with Gasteiger partial charge in [0, 0.05) is 43.4 Å². The SMILES string of the molecule is CC(C)c1nccn1CCCNC(=O)c1ccc2c(c1)CCO2. The lowest BCUT2D eigenvalue weighted by molar-refractivity contribution is 0.0952. The molecule has 1 aliphatic rings. The van der Waals surface area contributed by atoms with Gasteiger partial charge in [0.1, 0.15) is 11.6 Å². The molecule has 2 heterocycles. The lowest BCUT2D eigenvalue weighted by Crippen LogP contribution is -2.25. The van der Waals surface area contributed by atoms with Gasteiger partial charge in [0.05, 0.1) is 6.61 Å². The summed E-state index contributed by atoms with van der Waals surface area (Å²) in [5.41, 5.74) is 1.83. The zero-order valence-electron chi connectivity index (χ0n) is 13.7. The van der Waals surface area contributed by atoms with E-state index in [1.165, 1.54) is 0 Å². The van der Waals surface area contributed by atoms with E-state index in [0.717, 1.165) is 36.5 Å². The molecule has 2 aromatic rings. The van der Waals surface area contributed by atoms with Gasteiger partial charge in [-0.3, -0.25) is 4.79 Å². The highest BCUT2D eigenvalue weighted by atomic mass is 16.5. The number of ether oxygens (including phenoxy) is 1. The molecule has 0 fully saturated rings. The first-order valence-electron chi connectivity index (χ1n) is 8.20. The molecule has 0 saturated carbocycles. The molecule has 0 spiro atoms. The summed E-state index contributed by atoms with van der Waals surface area (Å²) in [5, 5.41) is 2.99. The fraction of sp³-hybridized carbons (Fsp3) is 0.444. The van der Waals surface area contributed by atoms with Gasteiger partial charge < -0.3 is 14.6 Å². The van der Waals surface area contributed by atoms with E-state index in [-0.39, 0.29) is 5.91 Å². The second-order valence-electron chi connectivity index (χ2n) is 6.16. The number of carbonyl (C=O) groups excluding carboxylic acids is 1. The third-order valence-electron chi connectivity index (χ3n) is 4.08. The van der Waals surface area contributed by atoms with E-state index >= 15 is 0 Å². The molecule has 1 aliphatic heterocycles. The van der Waals surface area contributed by atoms with Crippen molar-refractivity contribution in [2.45, 2.75) is 39.2 Å². The number of nitrogens with zero attached hydrogens (tertiary/aromatic N) is 2. The van der Waals surface area contributed by atoms with Gasteiger partial charge in [0.15, 0.2) is 0 Å². The number of nitrogens with one attached hydrogen (secondary N) is 1. The molecule has 1 N–H and O–H groups in total. The molecule has 0 radical (unpaired) electrons. The minimum Gasteiger partial charge on any atom is -0.493 e. The van der Waals surface area contributed by atoms with Crippen LogP contribution in [0.25, 0.3) is 0 Å². The van der Waals surface area contributed by atoms with E-state index in [1.54, 1.807) is 0 Å². The Morgan fingerprint density at radius 3 is 3.13 bits per heavy atom. The van der Waals surface area contributed by atoms with Gasteiger partial charge in [-0.15, -0.1) is 0 Å². The number of fused-ring (bicyclic) bond motifs is 1. The van der Waals surface area contributed by atoms with Crippen molar-refractivity contribution in [1.29, 1.82) is 0 Å². The molecule has 1 aromatic heterocycles. The highest BCUT2D eigenvalue weighted by Crippen LogP contribution is 2.25. The Kier molecular flexibility index (Phi) is 4.65. The van der Waals surface area contributed by atoms with Crippen LogP contribution in [0.1, 0.15) is 47.9 Å². The molecule has 1 amide bonds. The Hall–Kier alpha value is -2.30. The summed E-state index contributed by atoms with van der Waals surface area (Å²) in [6.07, 6.45) is 5.60. The predicted molar refractivity (Wildman–Crippen MR) is 88.9 cm³/mol. The number of hydrogen-bond donors (Lipinski definition) is 1. The largest absolute Gasteiger partial charge is 0.493 e. The highest BCUT2D eigenvalue weighted by molar-refractivity contribution is 5.94. The number of rotatable bonds is 6. The van der Waals surface area contributed by atoms with Crippen LogP contribution >= 0.6 is 0 Å². The first-order valence-corrected chi connectivity index (χ1v) is 8.20. The second kappa shape index (κ2) is 6.86.